The average molecular weight is 289 g/mol. The molecule has 3 nitrogen and oxygen atoms in total. The van der Waals surface area contributed by atoms with Crippen LogP contribution in [0.5, 0.6) is 5.75 Å². The minimum absolute atomic E-state index is 0.0256. The Morgan fingerprint density at radius 3 is 2.70 bits per heavy atom. The normalized spacial score (nSPS) is 12.8. The molecule has 1 aromatic carbocycles. The van der Waals surface area contributed by atoms with Crippen molar-refractivity contribution < 1.29 is 22.7 Å². The predicted molar refractivity (Wildman–Crippen MR) is 69.5 cm³/mol. The molecular weight excluding hydrogens is 271 g/mol. The summed E-state index contributed by atoms with van der Waals surface area (Å²) in [6.45, 7) is 3.57. The van der Waals surface area contributed by atoms with Crippen LogP contribution in [0.4, 0.5) is 13.2 Å². The molecule has 0 saturated carbocycles. The first kappa shape index (κ1) is 16.3. The molecule has 20 heavy (non-hydrogen) atoms. The second kappa shape index (κ2) is 7.17. The Bertz CT molecular complexity index is 446. The highest BCUT2D eigenvalue weighted by Gasteiger charge is 2.30. The minimum Gasteiger partial charge on any atom is -0.484 e. The highest BCUT2D eigenvalue weighted by molar-refractivity contribution is 5.77. The second-order valence-corrected chi connectivity index (χ2v) is 4.57. The maximum atomic E-state index is 12.5. The summed E-state index contributed by atoms with van der Waals surface area (Å²) in [5.74, 6) is -0.318. The van der Waals surface area contributed by atoms with Gasteiger partial charge in [-0.1, -0.05) is 19.4 Å². The molecule has 0 spiro atoms. The molecule has 0 aromatic heterocycles. The van der Waals surface area contributed by atoms with Crippen molar-refractivity contribution in [1.29, 1.82) is 0 Å². The molecule has 1 amide bonds. The van der Waals surface area contributed by atoms with Crippen LogP contribution in [-0.4, -0.2) is 18.6 Å². The summed E-state index contributed by atoms with van der Waals surface area (Å²) in [7, 11) is 0. The zero-order valence-electron chi connectivity index (χ0n) is 11.5. The van der Waals surface area contributed by atoms with Crippen molar-refractivity contribution >= 4 is 5.91 Å². The smallest absolute Gasteiger partial charge is 0.416 e. The van der Waals surface area contributed by atoms with Gasteiger partial charge in [0.25, 0.3) is 5.91 Å². The fraction of sp³-hybridized carbons (Fsp3) is 0.500. The van der Waals surface area contributed by atoms with Gasteiger partial charge in [-0.05, 0) is 31.5 Å². The third-order valence-electron chi connectivity index (χ3n) is 2.66. The molecule has 1 atom stereocenters. The van der Waals surface area contributed by atoms with Crippen LogP contribution >= 0.6 is 0 Å². The first-order valence-electron chi connectivity index (χ1n) is 6.42. The van der Waals surface area contributed by atoms with Crippen LogP contribution in [0, 0.1) is 0 Å². The summed E-state index contributed by atoms with van der Waals surface area (Å²) in [4.78, 5) is 11.5. The molecule has 0 unspecified atom stereocenters. The van der Waals surface area contributed by atoms with Crippen molar-refractivity contribution in [3.05, 3.63) is 29.8 Å². The highest BCUT2D eigenvalue weighted by atomic mass is 19.4. The lowest BCUT2D eigenvalue weighted by atomic mass is 10.2. The standard InChI is InChI=1S/C14H18F3NO2/c1-3-5-10(2)18-13(19)9-20-12-7-4-6-11(8-12)14(15,16)17/h4,6-8,10H,3,5,9H2,1-2H3,(H,18,19)/t10-/m0/s1. The number of benzene rings is 1. The molecule has 1 aromatic rings. The van der Waals surface area contributed by atoms with Crippen molar-refractivity contribution in [3.8, 4) is 5.75 Å². The fourth-order valence-electron chi connectivity index (χ4n) is 1.73. The molecule has 6 heteroatoms. The molecule has 0 aliphatic heterocycles. The number of hydrogen-bond acceptors (Lipinski definition) is 2. The van der Waals surface area contributed by atoms with Crippen molar-refractivity contribution in [2.75, 3.05) is 6.61 Å². The van der Waals surface area contributed by atoms with E-state index in [2.05, 4.69) is 5.32 Å². The number of hydrogen-bond donors (Lipinski definition) is 1. The summed E-state index contributed by atoms with van der Waals surface area (Å²) in [5.41, 5.74) is -0.797. The van der Waals surface area contributed by atoms with Gasteiger partial charge in [-0.15, -0.1) is 0 Å². The van der Waals surface area contributed by atoms with Crippen LogP contribution in [0.15, 0.2) is 24.3 Å². The summed E-state index contributed by atoms with van der Waals surface area (Å²) in [6.07, 6.45) is -2.64. The lowest BCUT2D eigenvalue weighted by molar-refractivity contribution is -0.137. The van der Waals surface area contributed by atoms with E-state index in [0.717, 1.165) is 25.0 Å². The van der Waals surface area contributed by atoms with E-state index in [1.165, 1.54) is 12.1 Å². The van der Waals surface area contributed by atoms with E-state index in [-0.39, 0.29) is 24.3 Å². The van der Waals surface area contributed by atoms with Gasteiger partial charge in [-0.3, -0.25) is 4.79 Å². The number of amides is 1. The zero-order valence-corrected chi connectivity index (χ0v) is 11.5. The molecular formula is C14H18F3NO2. The first-order chi connectivity index (χ1) is 9.32. The van der Waals surface area contributed by atoms with E-state index in [9.17, 15) is 18.0 Å². The van der Waals surface area contributed by atoms with Crippen LogP contribution < -0.4 is 10.1 Å². The lowest BCUT2D eigenvalue weighted by Crippen LogP contribution is -2.35. The van der Waals surface area contributed by atoms with Crippen LogP contribution in [-0.2, 0) is 11.0 Å². The molecule has 0 fully saturated rings. The molecule has 0 aliphatic rings. The van der Waals surface area contributed by atoms with E-state index in [1.807, 2.05) is 13.8 Å². The van der Waals surface area contributed by atoms with Crippen LogP contribution in [0.3, 0.4) is 0 Å². The maximum absolute atomic E-state index is 12.5. The van der Waals surface area contributed by atoms with Gasteiger partial charge in [0.15, 0.2) is 6.61 Å². The van der Waals surface area contributed by atoms with Gasteiger partial charge < -0.3 is 10.1 Å². The maximum Gasteiger partial charge on any atom is 0.416 e. The Hall–Kier alpha value is -1.72. The van der Waals surface area contributed by atoms with Gasteiger partial charge in [0.05, 0.1) is 5.56 Å². The Balaban J connectivity index is 2.52. The van der Waals surface area contributed by atoms with E-state index >= 15 is 0 Å². The molecule has 112 valence electrons. The Labute approximate surface area is 116 Å². The van der Waals surface area contributed by atoms with Crippen LogP contribution in [0.25, 0.3) is 0 Å². The fourth-order valence-corrected chi connectivity index (χ4v) is 1.73. The largest absolute Gasteiger partial charge is 0.484 e. The molecule has 1 rings (SSSR count). The topological polar surface area (TPSA) is 38.3 Å². The van der Waals surface area contributed by atoms with Crippen molar-refractivity contribution in [2.45, 2.75) is 38.9 Å². The van der Waals surface area contributed by atoms with Crippen molar-refractivity contribution in [1.82, 2.24) is 5.32 Å². The number of carbonyl (C=O) groups excluding carboxylic acids is 1. The monoisotopic (exact) mass is 289 g/mol. The molecule has 0 aliphatic carbocycles. The number of alkyl halides is 3. The third-order valence-corrected chi connectivity index (χ3v) is 2.66. The number of carbonyl (C=O) groups is 1. The van der Waals surface area contributed by atoms with Crippen molar-refractivity contribution in [2.24, 2.45) is 0 Å². The Morgan fingerprint density at radius 2 is 2.10 bits per heavy atom. The number of ether oxygens (including phenoxy) is 1. The third kappa shape index (κ3) is 5.50. The number of halogens is 3. The van der Waals surface area contributed by atoms with Gasteiger partial charge >= 0.3 is 6.18 Å². The summed E-state index contributed by atoms with van der Waals surface area (Å²) in [5, 5.41) is 2.71. The van der Waals surface area contributed by atoms with Crippen LogP contribution in [0.2, 0.25) is 0 Å². The predicted octanol–water partition coefficient (Wildman–Crippen LogP) is 3.39. The quantitative estimate of drug-likeness (QED) is 0.871. The molecule has 0 saturated heterocycles. The molecule has 0 heterocycles. The summed E-state index contributed by atoms with van der Waals surface area (Å²) >= 11 is 0. The lowest BCUT2D eigenvalue weighted by Gasteiger charge is -2.14. The molecule has 1 N–H and O–H groups in total. The highest BCUT2D eigenvalue weighted by Crippen LogP contribution is 2.31. The van der Waals surface area contributed by atoms with Crippen molar-refractivity contribution in [3.63, 3.8) is 0 Å². The molecule has 0 radical (unpaired) electrons. The first-order valence-corrected chi connectivity index (χ1v) is 6.42. The van der Waals surface area contributed by atoms with E-state index in [4.69, 9.17) is 4.74 Å². The van der Waals surface area contributed by atoms with E-state index in [1.54, 1.807) is 0 Å². The molecule has 0 bridgehead atoms. The van der Waals surface area contributed by atoms with Gasteiger partial charge in [0.1, 0.15) is 5.75 Å². The van der Waals surface area contributed by atoms with E-state index < -0.39 is 11.7 Å². The zero-order chi connectivity index (χ0) is 15.2. The van der Waals surface area contributed by atoms with Crippen LogP contribution in [0.1, 0.15) is 32.3 Å². The Kier molecular flexibility index (Phi) is 5.85. The Morgan fingerprint density at radius 1 is 1.40 bits per heavy atom. The van der Waals surface area contributed by atoms with Gasteiger partial charge in [0, 0.05) is 6.04 Å². The second-order valence-electron chi connectivity index (χ2n) is 4.57. The van der Waals surface area contributed by atoms with Gasteiger partial charge in [0.2, 0.25) is 0 Å². The summed E-state index contributed by atoms with van der Waals surface area (Å²) < 4.78 is 42.5. The SMILES string of the molecule is CCC[C@H](C)NC(=O)COc1cccc(C(F)(F)F)c1. The van der Waals surface area contributed by atoms with Gasteiger partial charge in [-0.2, -0.15) is 13.2 Å². The van der Waals surface area contributed by atoms with E-state index in [0.29, 0.717) is 0 Å². The number of nitrogens with one attached hydrogen (secondary N) is 1. The summed E-state index contributed by atoms with van der Waals surface area (Å²) in [6, 6.07) is 4.49. The average Bonchev–Trinajstić information content (AvgIpc) is 2.36. The minimum atomic E-state index is -4.42. The number of rotatable bonds is 6. The van der Waals surface area contributed by atoms with Gasteiger partial charge in [-0.25, -0.2) is 0 Å².